The number of hydrogen-bond acceptors (Lipinski definition) is 2. The van der Waals surface area contributed by atoms with Gasteiger partial charge in [0.1, 0.15) is 18.2 Å². The van der Waals surface area contributed by atoms with E-state index in [1.165, 1.54) is 12.1 Å². The van der Waals surface area contributed by atoms with Gasteiger partial charge in [-0.25, -0.2) is 4.39 Å². The number of nitrogens with two attached hydrogens (primary N) is 1. The van der Waals surface area contributed by atoms with Crippen molar-refractivity contribution < 1.29 is 9.13 Å². The Morgan fingerprint density at radius 2 is 2.27 bits per heavy atom. The van der Waals surface area contributed by atoms with Crippen molar-refractivity contribution in [1.29, 1.82) is 0 Å². The third kappa shape index (κ3) is 3.36. The SMILES string of the molecule is C=C(C)COc1ccc(F)cc1C(C)N. The van der Waals surface area contributed by atoms with Gasteiger partial charge in [-0.2, -0.15) is 0 Å². The summed E-state index contributed by atoms with van der Waals surface area (Å²) in [5.41, 5.74) is 7.31. The van der Waals surface area contributed by atoms with Gasteiger partial charge in [-0.3, -0.25) is 0 Å². The summed E-state index contributed by atoms with van der Waals surface area (Å²) in [4.78, 5) is 0. The van der Waals surface area contributed by atoms with Crippen LogP contribution in [-0.4, -0.2) is 6.61 Å². The Bertz CT molecular complexity index is 361. The van der Waals surface area contributed by atoms with Crippen LogP contribution in [0.2, 0.25) is 0 Å². The molecule has 2 N–H and O–H groups in total. The van der Waals surface area contributed by atoms with Gasteiger partial charge >= 0.3 is 0 Å². The van der Waals surface area contributed by atoms with E-state index in [2.05, 4.69) is 6.58 Å². The Labute approximate surface area is 89.6 Å². The van der Waals surface area contributed by atoms with Crippen molar-refractivity contribution in [3.8, 4) is 5.75 Å². The van der Waals surface area contributed by atoms with E-state index in [1.54, 1.807) is 13.0 Å². The summed E-state index contributed by atoms with van der Waals surface area (Å²) in [5, 5.41) is 0. The molecule has 0 saturated carbocycles. The van der Waals surface area contributed by atoms with E-state index >= 15 is 0 Å². The average Bonchev–Trinajstić information content (AvgIpc) is 2.15. The summed E-state index contributed by atoms with van der Waals surface area (Å²) in [6.07, 6.45) is 0. The summed E-state index contributed by atoms with van der Waals surface area (Å²) in [6, 6.07) is 4.11. The summed E-state index contributed by atoms with van der Waals surface area (Å²) in [7, 11) is 0. The molecule has 82 valence electrons. The van der Waals surface area contributed by atoms with Gasteiger partial charge in [0, 0.05) is 11.6 Å². The van der Waals surface area contributed by atoms with Crippen LogP contribution in [0.15, 0.2) is 30.4 Å². The van der Waals surface area contributed by atoms with Crippen LogP contribution >= 0.6 is 0 Å². The number of rotatable bonds is 4. The zero-order chi connectivity index (χ0) is 11.4. The molecule has 0 fully saturated rings. The van der Waals surface area contributed by atoms with Crippen LogP contribution in [-0.2, 0) is 0 Å². The molecule has 0 aliphatic heterocycles. The summed E-state index contributed by atoms with van der Waals surface area (Å²) < 4.78 is 18.4. The minimum Gasteiger partial charge on any atom is -0.489 e. The van der Waals surface area contributed by atoms with E-state index in [0.717, 1.165) is 5.57 Å². The third-order valence-corrected chi connectivity index (χ3v) is 1.94. The Morgan fingerprint density at radius 1 is 1.60 bits per heavy atom. The largest absolute Gasteiger partial charge is 0.489 e. The van der Waals surface area contributed by atoms with Gasteiger partial charge in [0.05, 0.1) is 0 Å². The fraction of sp³-hybridized carbons (Fsp3) is 0.333. The molecule has 1 aromatic rings. The van der Waals surface area contributed by atoms with Gasteiger partial charge in [-0.1, -0.05) is 6.58 Å². The van der Waals surface area contributed by atoms with E-state index in [4.69, 9.17) is 10.5 Å². The summed E-state index contributed by atoms with van der Waals surface area (Å²) in [6.45, 7) is 7.82. The first-order valence-corrected chi connectivity index (χ1v) is 4.83. The van der Waals surface area contributed by atoms with Crippen molar-refractivity contribution in [3.63, 3.8) is 0 Å². The normalized spacial score (nSPS) is 12.3. The summed E-state index contributed by atoms with van der Waals surface area (Å²) >= 11 is 0. The topological polar surface area (TPSA) is 35.2 Å². The monoisotopic (exact) mass is 209 g/mol. The van der Waals surface area contributed by atoms with Crippen molar-refractivity contribution in [3.05, 3.63) is 41.7 Å². The molecule has 15 heavy (non-hydrogen) atoms. The smallest absolute Gasteiger partial charge is 0.124 e. The number of benzene rings is 1. The molecule has 0 aromatic heterocycles. The third-order valence-electron chi connectivity index (χ3n) is 1.94. The van der Waals surface area contributed by atoms with E-state index in [9.17, 15) is 4.39 Å². The van der Waals surface area contributed by atoms with Crippen LogP contribution < -0.4 is 10.5 Å². The Morgan fingerprint density at radius 3 is 2.80 bits per heavy atom. The van der Waals surface area contributed by atoms with Crippen LogP contribution in [0, 0.1) is 5.82 Å². The van der Waals surface area contributed by atoms with E-state index in [-0.39, 0.29) is 11.9 Å². The van der Waals surface area contributed by atoms with Gasteiger partial charge in [-0.05, 0) is 37.6 Å². The lowest BCUT2D eigenvalue weighted by atomic mass is 10.1. The highest BCUT2D eigenvalue weighted by Crippen LogP contribution is 2.24. The standard InChI is InChI=1S/C12H16FNO/c1-8(2)7-15-12-5-4-10(13)6-11(12)9(3)14/h4-6,9H,1,7,14H2,2-3H3. The quantitative estimate of drug-likeness (QED) is 0.774. The zero-order valence-corrected chi connectivity index (χ0v) is 9.09. The van der Waals surface area contributed by atoms with Crippen molar-refractivity contribution in [2.24, 2.45) is 5.73 Å². The molecule has 2 nitrogen and oxygen atoms in total. The second-order valence-electron chi connectivity index (χ2n) is 3.72. The molecule has 0 heterocycles. The first kappa shape index (κ1) is 11.7. The predicted molar refractivity (Wildman–Crippen MR) is 59.3 cm³/mol. The molecule has 1 atom stereocenters. The maximum absolute atomic E-state index is 13.0. The van der Waals surface area contributed by atoms with Crippen LogP contribution in [0.1, 0.15) is 25.5 Å². The molecule has 1 aromatic carbocycles. The molecule has 1 unspecified atom stereocenters. The fourth-order valence-corrected chi connectivity index (χ4v) is 1.21. The molecular formula is C12H16FNO. The van der Waals surface area contributed by atoms with Gasteiger partial charge in [0.15, 0.2) is 0 Å². The molecule has 0 amide bonds. The van der Waals surface area contributed by atoms with Crippen LogP contribution in [0.5, 0.6) is 5.75 Å². The Balaban J connectivity index is 2.90. The molecule has 0 aliphatic carbocycles. The van der Waals surface area contributed by atoms with Crippen molar-refractivity contribution >= 4 is 0 Å². The molecular weight excluding hydrogens is 193 g/mol. The van der Waals surface area contributed by atoms with Gasteiger partial charge in [0.2, 0.25) is 0 Å². The fourth-order valence-electron chi connectivity index (χ4n) is 1.21. The second-order valence-corrected chi connectivity index (χ2v) is 3.72. The van der Waals surface area contributed by atoms with E-state index in [1.807, 2.05) is 6.92 Å². The highest BCUT2D eigenvalue weighted by molar-refractivity contribution is 5.36. The maximum Gasteiger partial charge on any atom is 0.124 e. The first-order chi connectivity index (χ1) is 7.00. The van der Waals surface area contributed by atoms with Crippen LogP contribution in [0.3, 0.4) is 0 Å². The van der Waals surface area contributed by atoms with Crippen LogP contribution in [0.25, 0.3) is 0 Å². The van der Waals surface area contributed by atoms with E-state index < -0.39 is 0 Å². The van der Waals surface area contributed by atoms with Gasteiger partial charge in [0.25, 0.3) is 0 Å². The molecule has 0 saturated heterocycles. The Hall–Kier alpha value is -1.35. The molecule has 0 spiro atoms. The predicted octanol–water partition coefficient (Wildman–Crippen LogP) is 2.80. The lowest BCUT2D eigenvalue weighted by Crippen LogP contribution is -2.09. The van der Waals surface area contributed by atoms with Gasteiger partial charge < -0.3 is 10.5 Å². The minimum atomic E-state index is -0.301. The summed E-state index contributed by atoms with van der Waals surface area (Å²) in [5.74, 6) is 0.319. The molecule has 1 rings (SSSR count). The number of hydrogen-bond donors (Lipinski definition) is 1. The maximum atomic E-state index is 13.0. The van der Waals surface area contributed by atoms with Crippen molar-refractivity contribution in [2.75, 3.05) is 6.61 Å². The lowest BCUT2D eigenvalue weighted by Gasteiger charge is -2.13. The van der Waals surface area contributed by atoms with Crippen molar-refractivity contribution in [2.45, 2.75) is 19.9 Å². The highest BCUT2D eigenvalue weighted by atomic mass is 19.1. The van der Waals surface area contributed by atoms with Crippen molar-refractivity contribution in [1.82, 2.24) is 0 Å². The minimum absolute atomic E-state index is 0.249. The highest BCUT2D eigenvalue weighted by Gasteiger charge is 2.09. The second kappa shape index (κ2) is 4.94. The molecule has 3 heteroatoms. The van der Waals surface area contributed by atoms with Crippen LogP contribution in [0.4, 0.5) is 4.39 Å². The Kier molecular flexibility index (Phi) is 3.86. The number of ether oxygens (including phenoxy) is 1. The zero-order valence-electron chi connectivity index (χ0n) is 9.09. The average molecular weight is 209 g/mol. The van der Waals surface area contributed by atoms with Gasteiger partial charge in [-0.15, -0.1) is 0 Å². The molecule has 0 aliphatic rings. The first-order valence-electron chi connectivity index (χ1n) is 4.83. The number of halogens is 1. The molecule has 0 bridgehead atoms. The molecule has 0 radical (unpaired) electrons. The van der Waals surface area contributed by atoms with E-state index in [0.29, 0.717) is 17.9 Å². The lowest BCUT2D eigenvalue weighted by molar-refractivity contribution is 0.346.